The van der Waals surface area contributed by atoms with Crippen LogP contribution in [0.2, 0.25) is 0 Å². The molecule has 1 aliphatic rings. The molecule has 138 valence electrons. The topological polar surface area (TPSA) is 47.6 Å². The second kappa shape index (κ2) is 8.97. The highest BCUT2D eigenvalue weighted by Gasteiger charge is 2.34. The van der Waals surface area contributed by atoms with Crippen molar-refractivity contribution in [3.63, 3.8) is 0 Å². The zero-order valence-corrected chi connectivity index (χ0v) is 15.3. The normalized spacial score (nSPS) is 15.6. The minimum absolute atomic E-state index is 0.00294. The standard InChI is InChI=1S/C22H27NO3/c1-2-22(18-9-5-3-6-10-18,19-11-7-4-8-12-19)25-17-21(24)26-20-13-15-23-16-14-20/h3-12,20,23H,2,13-17H2,1H3. The summed E-state index contributed by atoms with van der Waals surface area (Å²) in [5.74, 6) is -0.290. The van der Waals surface area contributed by atoms with Crippen LogP contribution in [-0.4, -0.2) is 31.8 Å². The molecular weight excluding hydrogens is 326 g/mol. The fourth-order valence-electron chi connectivity index (χ4n) is 3.57. The number of nitrogens with one attached hydrogen (secondary N) is 1. The highest BCUT2D eigenvalue weighted by Crippen LogP contribution is 2.36. The molecule has 1 saturated heterocycles. The molecule has 0 aromatic heterocycles. The Balaban J connectivity index is 1.77. The van der Waals surface area contributed by atoms with Crippen molar-refractivity contribution >= 4 is 5.97 Å². The summed E-state index contributed by atoms with van der Waals surface area (Å²) < 4.78 is 11.9. The van der Waals surface area contributed by atoms with E-state index >= 15 is 0 Å². The van der Waals surface area contributed by atoms with E-state index in [4.69, 9.17) is 9.47 Å². The van der Waals surface area contributed by atoms with Crippen molar-refractivity contribution in [2.24, 2.45) is 0 Å². The first-order valence-electron chi connectivity index (χ1n) is 9.40. The minimum atomic E-state index is -0.657. The van der Waals surface area contributed by atoms with Gasteiger partial charge in [0.05, 0.1) is 0 Å². The molecule has 0 saturated carbocycles. The maximum absolute atomic E-state index is 12.4. The molecule has 2 aromatic rings. The first kappa shape index (κ1) is 18.6. The van der Waals surface area contributed by atoms with Crippen LogP contribution in [0.25, 0.3) is 0 Å². The number of carbonyl (C=O) groups is 1. The maximum Gasteiger partial charge on any atom is 0.332 e. The number of hydrogen-bond donors (Lipinski definition) is 1. The van der Waals surface area contributed by atoms with Gasteiger partial charge in [-0.15, -0.1) is 0 Å². The Morgan fingerprint density at radius 2 is 1.54 bits per heavy atom. The van der Waals surface area contributed by atoms with E-state index in [9.17, 15) is 4.79 Å². The molecule has 1 aliphatic heterocycles. The van der Waals surface area contributed by atoms with Crippen molar-refractivity contribution < 1.29 is 14.3 Å². The average molecular weight is 353 g/mol. The van der Waals surface area contributed by atoms with Gasteiger partial charge in [0.1, 0.15) is 18.3 Å². The molecule has 4 nitrogen and oxygen atoms in total. The van der Waals surface area contributed by atoms with Gasteiger partial charge in [-0.1, -0.05) is 67.6 Å². The molecule has 0 unspecified atom stereocenters. The van der Waals surface area contributed by atoms with Crippen LogP contribution in [0.1, 0.15) is 37.3 Å². The Kier molecular flexibility index (Phi) is 6.42. The van der Waals surface area contributed by atoms with E-state index in [1.807, 2.05) is 36.4 Å². The van der Waals surface area contributed by atoms with Crippen LogP contribution in [0.4, 0.5) is 0 Å². The van der Waals surface area contributed by atoms with Crippen LogP contribution < -0.4 is 5.32 Å². The van der Waals surface area contributed by atoms with Gasteiger partial charge in [-0.2, -0.15) is 0 Å². The Hall–Kier alpha value is -2.17. The minimum Gasteiger partial charge on any atom is -0.461 e. The summed E-state index contributed by atoms with van der Waals surface area (Å²) in [6.07, 6.45) is 2.45. The predicted octanol–water partition coefficient (Wildman–Crippen LogP) is 3.65. The van der Waals surface area contributed by atoms with E-state index in [-0.39, 0.29) is 18.7 Å². The number of carbonyl (C=O) groups excluding carboxylic acids is 1. The van der Waals surface area contributed by atoms with E-state index in [0.717, 1.165) is 43.5 Å². The third-order valence-electron chi connectivity index (χ3n) is 5.00. The summed E-state index contributed by atoms with van der Waals surface area (Å²) in [7, 11) is 0. The maximum atomic E-state index is 12.4. The van der Waals surface area contributed by atoms with Crippen molar-refractivity contribution in [3.8, 4) is 0 Å². The molecule has 0 atom stereocenters. The first-order valence-corrected chi connectivity index (χ1v) is 9.40. The molecule has 0 amide bonds. The molecule has 1 fully saturated rings. The Bertz CT molecular complexity index is 642. The lowest BCUT2D eigenvalue weighted by Gasteiger charge is -2.34. The van der Waals surface area contributed by atoms with Gasteiger partial charge in [-0.25, -0.2) is 4.79 Å². The van der Waals surface area contributed by atoms with Crippen molar-refractivity contribution in [2.45, 2.75) is 37.9 Å². The zero-order chi connectivity index (χ0) is 18.2. The monoisotopic (exact) mass is 353 g/mol. The van der Waals surface area contributed by atoms with E-state index in [1.165, 1.54) is 0 Å². The lowest BCUT2D eigenvalue weighted by atomic mass is 9.84. The first-order chi connectivity index (χ1) is 12.7. The Morgan fingerprint density at radius 3 is 2.04 bits per heavy atom. The summed E-state index contributed by atoms with van der Waals surface area (Å²) in [4.78, 5) is 12.4. The fraction of sp³-hybridized carbons (Fsp3) is 0.409. The van der Waals surface area contributed by atoms with Gasteiger partial charge in [0.15, 0.2) is 0 Å². The van der Waals surface area contributed by atoms with Crippen LogP contribution in [0.15, 0.2) is 60.7 Å². The molecule has 0 spiro atoms. The Labute approximate surface area is 155 Å². The quantitative estimate of drug-likeness (QED) is 0.772. The van der Waals surface area contributed by atoms with Crippen molar-refractivity contribution in [1.82, 2.24) is 5.32 Å². The van der Waals surface area contributed by atoms with Gasteiger partial charge in [0.25, 0.3) is 0 Å². The van der Waals surface area contributed by atoms with Crippen molar-refractivity contribution in [2.75, 3.05) is 19.7 Å². The molecule has 0 aliphatic carbocycles. The number of rotatable bonds is 7. The second-order valence-corrected chi connectivity index (χ2v) is 6.64. The molecule has 0 bridgehead atoms. The lowest BCUT2D eigenvalue weighted by Crippen LogP contribution is -2.37. The second-order valence-electron chi connectivity index (χ2n) is 6.64. The van der Waals surface area contributed by atoms with E-state index in [1.54, 1.807) is 0 Å². The number of hydrogen-bond acceptors (Lipinski definition) is 4. The lowest BCUT2D eigenvalue weighted by molar-refractivity contribution is -0.161. The van der Waals surface area contributed by atoms with Gasteiger partial charge in [0, 0.05) is 0 Å². The van der Waals surface area contributed by atoms with E-state index < -0.39 is 5.60 Å². The molecule has 26 heavy (non-hydrogen) atoms. The largest absolute Gasteiger partial charge is 0.461 e. The molecular formula is C22H27NO3. The molecule has 1 N–H and O–H groups in total. The predicted molar refractivity (Wildman–Crippen MR) is 102 cm³/mol. The van der Waals surface area contributed by atoms with Gasteiger partial charge < -0.3 is 14.8 Å². The number of esters is 1. The number of benzene rings is 2. The van der Waals surface area contributed by atoms with Crippen molar-refractivity contribution in [3.05, 3.63) is 71.8 Å². The Morgan fingerprint density at radius 1 is 1.00 bits per heavy atom. The number of ether oxygens (including phenoxy) is 2. The van der Waals surface area contributed by atoms with E-state index in [0.29, 0.717) is 0 Å². The zero-order valence-electron chi connectivity index (χ0n) is 15.3. The smallest absolute Gasteiger partial charge is 0.332 e. The third kappa shape index (κ3) is 4.32. The SMILES string of the molecule is CCC(OCC(=O)OC1CCNCC1)(c1ccccc1)c1ccccc1. The molecule has 3 rings (SSSR count). The molecule has 1 heterocycles. The summed E-state index contributed by atoms with van der Waals surface area (Å²) >= 11 is 0. The molecule has 4 heteroatoms. The van der Waals surface area contributed by atoms with Gasteiger partial charge in [-0.05, 0) is 43.5 Å². The van der Waals surface area contributed by atoms with Crippen LogP contribution in [0.5, 0.6) is 0 Å². The van der Waals surface area contributed by atoms with Crippen LogP contribution >= 0.6 is 0 Å². The average Bonchev–Trinajstić information content (AvgIpc) is 2.71. The van der Waals surface area contributed by atoms with Gasteiger partial charge in [0.2, 0.25) is 0 Å². The highest BCUT2D eigenvalue weighted by atomic mass is 16.6. The van der Waals surface area contributed by atoms with Gasteiger partial charge in [-0.3, -0.25) is 0 Å². The third-order valence-corrected chi connectivity index (χ3v) is 5.00. The number of piperidine rings is 1. The van der Waals surface area contributed by atoms with Gasteiger partial charge >= 0.3 is 5.97 Å². The highest BCUT2D eigenvalue weighted by molar-refractivity contribution is 5.71. The molecule has 2 aromatic carbocycles. The summed E-state index contributed by atoms with van der Waals surface area (Å²) in [5, 5.41) is 3.27. The summed E-state index contributed by atoms with van der Waals surface area (Å²) in [6, 6.07) is 20.2. The van der Waals surface area contributed by atoms with Crippen LogP contribution in [-0.2, 0) is 19.9 Å². The van der Waals surface area contributed by atoms with Crippen LogP contribution in [0, 0.1) is 0 Å². The fourth-order valence-corrected chi connectivity index (χ4v) is 3.57. The summed E-state index contributed by atoms with van der Waals surface area (Å²) in [6.45, 7) is 3.82. The van der Waals surface area contributed by atoms with Crippen molar-refractivity contribution in [1.29, 1.82) is 0 Å². The summed E-state index contributed by atoms with van der Waals surface area (Å²) in [5.41, 5.74) is 1.43. The van der Waals surface area contributed by atoms with Crippen LogP contribution in [0.3, 0.4) is 0 Å². The van der Waals surface area contributed by atoms with E-state index in [2.05, 4.69) is 36.5 Å². The molecule has 0 radical (unpaired) electrons.